The van der Waals surface area contributed by atoms with Gasteiger partial charge in [0, 0.05) is 6.07 Å². The van der Waals surface area contributed by atoms with Gasteiger partial charge in [0.2, 0.25) is 0 Å². The maximum absolute atomic E-state index is 10.2. The monoisotopic (exact) mass is 289 g/mol. The van der Waals surface area contributed by atoms with Gasteiger partial charge >= 0.3 is 0 Å². The van der Waals surface area contributed by atoms with E-state index in [0.717, 1.165) is 5.56 Å². The summed E-state index contributed by atoms with van der Waals surface area (Å²) in [6.45, 7) is 5.86. The fourth-order valence-corrected chi connectivity index (χ4v) is 1.74. The minimum atomic E-state index is -0.644. The Hall–Kier alpha value is -0.970. The van der Waals surface area contributed by atoms with E-state index in [1.165, 1.54) is 0 Å². The summed E-state index contributed by atoms with van der Waals surface area (Å²) in [5.74, 6) is 1.34. The molecule has 0 unspecified atom stereocenters. The van der Waals surface area contributed by atoms with Crippen LogP contribution in [0, 0.1) is 5.41 Å². The molecule has 3 N–H and O–H groups in total. The van der Waals surface area contributed by atoms with Crippen molar-refractivity contribution in [2.75, 3.05) is 14.2 Å². The molecule has 1 rings (SSSR count). The highest BCUT2D eigenvalue weighted by Crippen LogP contribution is 2.32. The third-order valence-electron chi connectivity index (χ3n) is 2.99. The average molecular weight is 290 g/mol. The van der Waals surface area contributed by atoms with Gasteiger partial charge in [-0.2, -0.15) is 0 Å². The van der Waals surface area contributed by atoms with Crippen molar-refractivity contribution in [2.24, 2.45) is 11.1 Å². The zero-order valence-corrected chi connectivity index (χ0v) is 13.0. The van der Waals surface area contributed by atoms with Crippen molar-refractivity contribution >= 4 is 12.4 Å². The Bertz CT molecular complexity index is 382. The smallest absolute Gasteiger partial charge is 0.122 e. The largest absolute Gasteiger partial charge is 0.497 e. The van der Waals surface area contributed by atoms with Gasteiger partial charge in [0.15, 0.2) is 0 Å². The van der Waals surface area contributed by atoms with Gasteiger partial charge in [-0.05, 0) is 23.1 Å². The van der Waals surface area contributed by atoms with Gasteiger partial charge in [-0.1, -0.05) is 20.8 Å². The molecule has 5 heteroatoms. The zero-order chi connectivity index (χ0) is 13.9. The highest BCUT2D eigenvalue weighted by atomic mass is 35.5. The maximum Gasteiger partial charge on any atom is 0.122 e. The summed E-state index contributed by atoms with van der Waals surface area (Å²) in [6.07, 6.45) is -0.644. The SMILES string of the molecule is COc1cc(OC)cc([C@H](N)[C@H](O)C(C)(C)C)c1.Cl. The van der Waals surface area contributed by atoms with Crippen LogP contribution < -0.4 is 15.2 Å². The Kier molecular flexibility index (Phi) is 6.63. The molecule has 0 saturated carbocycles. The second-order valence-electron chi connectivity index (χ2n) is 5.48. The van der Waals surface area contributed by atoms with Crippen LogP contribution in [0.5, 0.6) is 11.5 Å². The number of halogens is 1. The number of aliphatic hydroxyl groups excluding tert-OH is 1. The number of hydrogen-bond acceptors (Lipinski definition) is 4. The quantitative estimate of drug-likeness (QED) is 0.894. The Morgan fingerprint density at radius 2 is 1.47 bits per heavy atom. The average Bonchev–Trinajstić information content (AvgIpc) is 2.35. The van der Waals surface area contributed by atoms with Crippen LogP contribution in [0.15, 0.2) is 18.2 Å². The summed E-state index contributed by atoms with van der Waals surface area (Å²) in [4.78, 5) is 0. The number of hydrogen-bond donors (Lipinski definition) is 2. The molecule has 1 aromatic rings. The Balaban J connectivity index is 0.00000324. The first-order valence-corrected chi connectivity index (χ1v) is 5.96. The zero-order valence-electron chi connectivity index (χ0n) is 12.1. The Morgan fingerprint density at radius 3 is 1.79 bits per heavy atom. The van der Waals surface area contributed by atoms with Gasteiger partial charge in [0.25, 0.3) is 0 Å². The number of aliphatic hydroxyl groups is 1. The molecule has 4 nitrogen and oxygen atoms in total. The second kappa shape index (κ2) is 6.98. The molecule has 0 aliphatic heterocycles. The van der Waals surface area contributed by atoms with Crippen molar-refractivity contribution < 1.29 is 14.6 Å². The van der Waals surface area contributed by atoms with Gasteiger partial charge in [0.05, 0.1) is 26.4 Å². The van der Waals surface area contributed by atoms with E-state index in [0.29, 0.717) is 11.5 Å². The predicted molar refractivity (Wildman–Crippen MR) is 79.2 cm³/mol. The van der Waals surface area contributed by atoms with Gasteiger partial charge in [-0.25, -0.2) is 0 Å². The molecule has 0 amide bonds. The summed E-state index contributed by atoms with van der Waals surface area (Å²) in [5.41, 5.74) is 6.63. The van der Waals surface area contributed by atoms with Crippen LogP contribution in [-0.4, -0.2) is 25.4 Å². The van der Waals surface area contributed by atoms with E-state index < -0.39 is 12.1 Å². The Morgan fingerprint density at radius 1 is 1.05 bits per heavy atom. The summed E-state index contributed by atoms with van der Waals surface area (Å²) < 4.78 is 10.4. The highest BCUT2D eigenvalue weighted by Gasteiger charge is 2.29. The highest BCUT2D eigenvalue weighted by molar-refractivity contribution is 5.85. The molecular weight excluding hydrogens is 266 g/mol. The Labute approximate surface area is 121 Å². The van der Waals surface area contributed by atoms with Crippen molar-refractivity contribution in [2.45, 2.75) is 32.9 Å². The number of nitrogens with two attached hydrogens (primary N) is 1. The second-order valence-corrected chi connectivity index (χ2v) is 5.48. The molecule has 0 saturated heterocycles. The maximum atomic E-state index is 10.2. The third-order valence-corrected chi connectivity index (χ3v) is 2.99. The number of rotatable bonds is 4. The number of methoxy groups -OCH3 is 2. The lowest BCUT2D eigenvalue weighted by Crippen LogP contribution is -2.36. The standard InChI is InChI=1S/C14H23NO3.ClH/c1-14(2,3)13(16)12(15)9-6-10(17-4)8-11(7-9)18-5;/h6-8,12-13,16H,15H2,1-5H3;1H/t12-,13-;/m0./s1. The van der Waals surface area contributed by atoms with Crippen LogP contribution in [0.3, 0.4) is 0 Å². The first-order chi connectivity index (χ1) is 8.29. The fraction of sp³-hybridized carbons (Fsp3) is 0.571. The van der Waals surface area contributed by atoms with Gasteiger partial charge in [-0.3, -0.25) is 0 Å². The molecule has 0 fully saturated rings. The van der Waals surface area contributed by atoms with E-state index in [9.17, 15) is 5.11 Å². The molecule has 0 aromatic heterocycles. The van der Waals surface area contributed by atoms with Gasteiger partial charge in [-0.15, -0.1) is 12.4 Å². The van der Waals surface area contributed by atoms with E-state index >= 15 is 0 Å². The van der Waals surface area contributed by atoms with E-state index in [2.05, 4.69) is 0 Å². The summed E-state index contributed by atoms with van der Waals surface area (Å²) in [5, 5.41) is 10.2. The third kappa shape index (κ3) is 4.56. The first kappa shape index (κ1) is 18.0. The molecule has 0 spiro atoms. The van der Waals surface area contributed by atoms with Crippen LogP contribution in [0.25, 0.3) is 0 Å². The molecule has 0 aliphatic carbocycles. The lowest BCUT2D eigenvalue weighted by Gasteiger charge is -2.31. The lowest BCUT2D eigenvalue weighted by molar-refractivity contribution is 0.0400. The first-order valence-electron chi connectivity index (χ1n) is 5.96. The molecule has 0 radical (unpaired) electrons. The van der Waals surface area contributed by atoms with Crippen molar-refractivity contribution in [1.82, 2.24) is 0 Å². The number of ether oxygens (including phenoxy) is 2. The van der Waals surface area contributed by atoms with Gasteiger partial charge in [0.1, 0.15) is 11.5 Å². The normalized spacial score (nSPS) is 14.3. The topological polar surface area (TPSA) is 64.7 Å². The van der Waals surface area contributed by atoms with Crippen LogP contribution in [0.1, 0.15) is 32.4 Å². The summed E-state index contributed by atoms with van der Waals surface area (Å²) >= 11 is 0. The van der Waals surface area contributed by atoms with Crippen molar-refractivity contribution in [3.8, 4) is 11.5 Å². The van der Waals surface area contributed by atoms with Crippen molar-refractivity contribution in [3.63, 3.8) is 0 Å². The van der Waals surface area contributed by atoms with Crippen molar-refractivity contribution in [1.29, 1.82) is 0 Å². The molecule has 2 atom stereocenters. The molecule has 110 valence electrons. The van der Waals surface area contributed by atoms with Crippen LogP contribution >= 0.6 is 12.4 Å². The summed E-state index contributed by atoms with van der Waals surface area (Å²) in [7, 11) is 3.18. The van der Waals surface area contributed by atoms with E-state index in [1.54, 1.807) is 20.3 Å². The molecule has 1 aromatic carbocycles. The molecule has 0 heterocycles. The molecular formula is C14H24ClNO3. The van der Waals surface area contributed by atoms with Crippen LogP contribution in [0.2, 0.25) is 0 Å². The minimum Gasteiger partial charge on any atom is -0.497 e. The number of benzene rings is 1. The van der Waals surface area contributed by atoms with Crippen LogP contribution in [0.4, 0.5) is 0 Å². The van der Waals surface area contributed by atoms with E-state index in [-0.39, 0.29) is 17.8 Å². The minimum absolute atomic E-state index is 0. The predicted octanol–water partition coefficient (Wildman–Crippen LogP) is 2.53. The van der Waals surface area contributed by atoms with E-state index in [4.69, 9.17) is 15.2 Å². The van der Waals surface area contributed by atoms with Crippen molar-refractivity contribution in [3.05, 3.63) is 23.8 Å². The van der Waals surface area contributed by atoms with E-state index in [1.807, 2.05) is 32.9 Å². The summed E-state index contributed by atoms with van der Waals surface area (Å²) in [6, 6.07) is 4.94. The molecule has 0 bridgehead atoms. The fourth-order valence-electron chi connectivity index (χ4n) is 1.74. The van der Waals surface area contributed by atoms with Gasteiger partial charge < -0.3 is 20.3 Å². The molecule has 19 heavy (non-hydrogen) atoms. The lowest BCUT2D eigenvalue weighted by atomic mass is 9.82. The molecule has 0 aliphatic rings. The van der Waals surface area contributed by atoms with Crippen LogP contribution in [-0.2, 0) is 0 Å².